The molecule has 1 aliphatic heterocycles. The van der Waals surface area contributed by atoms with Gasteiger partial charge in [-0.1, -0.05) is 94.5 Å². The number of carbonyl (C=O) groups is 5. The Morgan fingerprint density at radius 3 is 2.02 bits per heavy atom. The monoisotopic (exact) mass is 837 g/mol. The number of nitrogens with two attached hydrogens (primary N) is 5. The molecule has 1 unspecified atom stereocenters. The van der Waals surface area contributed by atoms with Gasteiger partial charge in [0.05, 0.1) is 24.2 Å². The number of amides is 3. The summed E-state index contributed by atoms with van der Waals surface area (Å²) in [6.45, 7) is 0.973. The van der Waals surface area contributed by atoms with Crippen molar-refractivity contribution in [2.75, 3.05) is 26.7 Å². The van der Waals surface area contributed by atoms with Gasteiger partial charge in [0.2, 0.25) is 17.7 Å². The second-order valence-corrected chi connectivity index (χ2v) is 17.6. The topological polar surface area (TPSA) is 267 Å². The molecule has 60 heavy (non-hydrogen) atoms. The van der Waals surface area contributed by atoms with Crippen molar-refractivity contribution in [1.29, 1.82) is 0 Å². The highest BCUT2D eigenvalue weighted by Gasteiger charge is 2.53. The predicted molar refractivity (Wildman–Crippen MR) is 236 cm³/mol. The SMILES string of the molecule is CN[C@@H](Cc1ccccc1)C(=O)N[C@@H](CCCCN)C(=O)N1CCC[C@H]1C(=O)C(CCCCNC(=O)[C@@H](N)CC1CCCCC1)(N=C(N)N)C(=O)[C@H](N)CC1CCCCC1. The van der Waals surface area contributed by atoms with Crippen LogP contribution in [0.3, 0.4) is 0 Å². The third kappa shape index (κ3) is 14.3. The van der Waals surface area contributed by atoms with Crippen LogP contribution in [0.4, 0.5) is 0 Å². The lowest BCUT2D eigenvalue weighted by molar-refractivity contribution is -0.145. The van der Waals surface area contributed by atoms with Crippen LogP contribution in [-0.2, 0) is 30.4 Å². The molecule has 6 atom stereocenters. The molecule has 15 heteroatoms. The maximum atomic E-state index is 15.2. The first-order valence-electron chi connectivity index (χ1n) is 22.9. The van der Waals surface area contributed by atoms with E-state index in [-0.39, 0.29) is 30.7 Å². The summed E-state index contributed by atoms with van der Waals surface area (Å²) < 4.78 is 0. The molecule has 1 aromatic rings. The molecular formula is C45H76N10O5. The minimum absolute atomic E-state index is 0.0521. The third-order valence-electron chi connectivity index (χ3n) is 13.0. The summed E-state index contributed by atoms with van der Waals surface area (Å²) in [6, 6.07) is 5.44. The van der Waals surface area contributed by atoms with Gasteiger partial charge >= 0.3 is 0 Å². The summed E-state index contributed by atoms with van der Waals surface area (Å²) in [6.07, 6.45) is 15.4. The standard InChI is InChI=1S/C45H76N10O5/c1-51-37(30-33-20-9-4-10-21-33)42(59)53-36(22-11-13-25-46)43(60)55-27-15-23-38(55)40(57)45(54-44(49)50,39(56)34(47)28-31-16-5-2-6-17-31)24-12-14-26-52-41(58)35(48)29-32-18-7-3-8-19-32/h4,9-10,20-21,31-32,34-38,51H,2-3,5-8,11-19,22-30,46-48H2,1H3,(H,52,58)(H,53,59)(H4,49,50,54)/t34-,35+,36+,37+,38+,45?/m1/s1. The smallest absolute Gasteiger partial charge is 0.245 e. The van der Waals surface area contributed by atoms with Crippen LogP contribution in [0.5, 0.6) is 0 Å². The largest absolute Gasteiger partial charge is 0.370 e. The molecule has 2 aliphatic carbocycles. The van der Waals surface area contributed by atoms with Crippen LogP contribution >= 0.6 is 0 Å². The molecule has 0 aromatic heterocycles. The fourth-order valence-corrected chi connectivity index (χ4v) is 9.66. The lowest BCUT2D eigenvalue weighted by Crippen LogP contribution is -2.61. The van der Waals surface area contributed by atoms with Crippen molar-refractivity contribution in [3.8, 4) is 0 Å². The van der Waals surface area contributed by atoms with E-state index in [4.69, 9.17) is 28.7 Å². The molecule has 2 saturated carbocycles. The Hall–Kier alpha value is -3.92. The van der Waals surface area contributed by atoms with Gasteiger partial charge in [0.1, 0.15) is 6.04 Å². The Morgan fingerprint density at radius 2 is 1.42 bits per heavy atom. The van der Waals surface area contributed by atoms with E-state index in [1.54, 1.807) is 7.05 Å². The van der Waals surface area contributed by atoms with E-state index in [1.165, 1.54) is 24.2 Å². The van der Waals surface area contributed by atoms with Crippen molar-refractivity contribution < 1.29 is 24.0 Å². The van der Waals surface area contributed by atoms with Gasteiger partial charge in [-0.05, 0) is 102 Å². The summed E-state index contributed by atoms with van der Waals surface area (Å²) in [4.78, 5) is 77.2. The van der Waals surface area contributed by atoms with Crippen molar-refractivity contribution in [1.82, 2.24) is 20.9 Å². The summed E-state index contributed by atoms with van der Waals surface area (Å²) in [5, 5.41) is 9.01. The number of benzene rings is 1. The zero-order valence-corrected chi connectivity index (χ0v) is 36.2. The summed E-state index contributed by atoms with van der Waals surface area (Å²) in [5.74, 6) is -1.83. The molecule has 1 heterocycles. The molecular weight excluding hydrogens is 761 g/mol. The number of likely N-dealkylation sites (N-methyl/N-ethyl adjacent to an activating group) is 1. The Balaban J connectivity index is 1.55. The highest BCUT2D eigenvalue weighted by molar-refractivity contribution is 6.17. The molecule has 13 N–H and O–H groups in total. The maximum Gasteiger partial charge on any atom is 0.245 e. The first-order valence-corrected chi connectivity index (χ1v) is 22.9. The third-order valence-corrected chi connectivity index (χ3v) is 13.0. The number of unbranched alkanes of at least 4 members (excludes halogenated alkanes) is 2. The molecule has 4 rings (SSSR count). The molecule has 1 aromatic carbocycles. The highest BCUT2D eigenvalue weighted by Crippen LogP contribution is 2.34. The van der Waals surface area contributed by atoms with Gasteiger partial charge < -0.3 is 49.5 Å². The van der Waals surface area contributed by atoms with Gasteiger partial charge in [-0.2, -0.15) is 0 Å². The molecule has 0 bridgehead atoms. The first kappa shape index (κ1) is 48.7. The molecule has 0 spiro atoms. The number of nitrogens with one attached hydrogen (secondary N) is 3. The van der Waals surface area contributed by atoms with Crippen LogP contribution < -0.4 is 44.6 Å². The van der Waals surface area contributed by atoms with E-state index in [9.17, 15) is 19.2 Å². The van der Waals surface area contributed by atoms with Crippen molar-refractivity contribution in [3.05, 3.63) is 35.9 Å². The molecule has 3 aliphatic rings. The molecule has 1 saturated heterocycles. The zero-order chi connectivity index (χ0) is 43.5. The number of guanidine groups is 1. The van der Waals surface area contributed by atoms with Gasteiger partial charge in [-0.25, -0.2) is 4.99 Å². The highest BCUT2D eigenvalue weighted by atomic mass is 16.2. The van der Waals surface area contributed by atoms with Crippen molar-refractivity contribution in [3.63, 3.8) is 0 Å². The maximum absolute atomic E-state index is 15.2. The number of carbonyl (C=O) groups excluding carboxylic acids is 5. The predicted octanol–water partition coefficient (Wildman–Crippen LogP) is 2.45. The number of Topliss-reactive ketones (excluding diaryl/α,β-unsaturated/α-hetero) is 2. The molecule has 15 nitrogen and oxygen atoms in total. The summed E-state index contributed by atoms with van der Waals surface area (Å²) in [7, 11) is 1.70. The van der Waals surface area contributed by atoms with Crippen LogP contribution in [0.15, 0.2) is 35.3 Å². The number of ketones is 2. The lowest BCUT2D eigenvalue weighted by Gasteiger charge is -2.36. The number of rotatable bonds is 25. The Morgan fingerprint density at radius 1 is 0.783 bits per heavy atom. The van der Waals surface area contributed by atoms with Crippen LogP contribution in [-0.4, -0.2) is 103 Å². The van der Waals surface area contributed by atoms with Gasteiger partial charge in [-0.15, -0.1) is 0 Å². The Labute approximate surface area is 357 Å². The average molecular weight is 837 g/mol. The average Bonchev–Trinajstić information content (AvgIpc) is 3.75. The van der Waals surface area contributed by atoms with Crippen molar-refractivity contribution in [2.45, 2.75) is 171 Å². The minimum atomic E-state index is -2.05. The Bertz CT molecular complexity index is 1550. The number of hydrogen-bond acceptors (Lipinski definition) is 10. The van der Waals surface area contributed by atoms with Crippen LogP contribution in [0, 0.1) is 11.8 Å². The fourth-order valence-electron chi connectivity index (χ4n) is 9.66. The van der Waals surface area contributed by atoms with Gasteiger partial charge in [0.25, 0.3) is 0 Å². The summed E-state index contributed by atoms with van der Waals surface area (Å²) in [5.41, 5.74) is 29.8. The van der Waals surface area contributed by atoms with E-state index in [2.05, 4.69) is 20.9 Å². The zero-order valence-electron chi connectivity index (χ0n) is 36.2. The molecule has 0 radical (unpaired) electrons. The van der Waals surface area contributed by atoms with E-state index >= 15 is 4.79 Å². The van der Waals surface area contributed by atoms with Crippen molar-refractivity contribution >= 4 is 35.2 Å². The molecule has 3 fully saturated rings. The minimum Gasteiger partial charge on any atom is -0.370 e. The number of aliphatic imine (C=N–C) groups is 1. The van der Waals surface area contributed by atoms with Gasteiger partial charge in [-0.3, -0.25) is 24.0 Å². The van der Waals surface area contributed by atoms with Gasteiger partial charge in [0, 0.05) is 13.1 Å². The quantitative estimate of drug-likeness (QED) is 0.0307. The summed E-state index contributed by atoms with van der Waals surface area (Å²) >= 11 is 0. The Kier molecular flexibility index (Phi) is 20.4. The number of likely N-dealkylation sites (tertiary alicyclic amines) is 1. The van der Waals surface area contributed by atoms with E-state index in [0.29, 0.717) is 83.2 Å². The number of hydrogen-bond donors (Lipinski definition) is 8. The molecule has 336 valence electrons. The van der Waals surface area contributed by atoms with Crippen LogP contribution in [0.2, 0.25) is 0 Å². The second kappa shape index (κ2) is 25.1. The normalized spacial score (nSPS) is 20.6. The van der Waals surface area contributed by atoms with Crippen LogP contribution in [0.1, 0.15) is 134 Å². The van der Waals surface area contributed by atoms with Gasteiger partial charge in [0.15, 0.2) is 23.1 Å². The van der Waals surface area contributed by atoms with Crippen molar-refractivity contribution in [2.24, 2.45) is 45.5 Å². The molecule has 3 amide bonds. The van der Waals surface area contributed by atoms with E-state index < -0.39 is 59.2 Å². The van der Waals surface area contributed by atoms with Crippen LogP contribution in [0.25, 0.3) is 0 Å². The van der Waals surface area contributed by atoms with E-state index in [1.807, 2.05) is 30.3 Å². The fraction of sp³-hybridized carbons (Fsp3) is 0.733. The second-order valence-electron chi connectivity index (χ2n) is 17.6. The first-order chi connectivity index (χ1) is 28.9. The lowest BCUT2D eigenvalue weighted by atomic mass is 9.75. The number of nitrogens with zero attached hydrogens (tertiary/aromatic N) is 2. The van der Waals surface area contributed by atoms with E-state index in [0.717, 1.165) is 50.5 Å².